The molecule has 1 heterocycles. The Labute approximate surface area is 151 Å². The maximum absolute atomic E-state index is 12.9. The zero-order valence-corrected chi connectivity index (χ0v) is 14.3. The first-order valence-corrected chi connectivity index (χ1v) is 9.05. The maximum Gasteiger partial charge on any atom is 0.448 e. The number of nitrogens with one attached hydrogen (secondary N) is 2. The van der Waals surface area contributed by atoms with Gasteiger partial charge < -0.3 is 10.2 Å². The van der Waals surface area contributed by atoms with Crippen molar-refractivity contribution in [3.63, 3.8) is 0 Å². The Kier molecular flexibility index (Phi) is 5.07. The van der Waals surface area contributed by atoms with E-state index in [4.69, 9.17) is 0 Å². The topological polar surface area (TPSA) is 79.8 Å². The molecular weight excluding hydrogens is 390 g/mol. The molecule has 144 valence electrons. The van der Waals surface area contributed by atoms with Crippen molar-refractivity contribution < 1.29 is 30.8 Å². The van der Waals surface area contributed by atoms with E-state index in [1.165, 1.54) is 24.3 Å². The number of benzene rings is 2. The number of amidine groups is 1. The van der Waals surface area contributed by atoms with E-state index in [0.29, 0.717) is 11.1 Å². The number of alkyl halides is 3. The molecule has 0 spiro atoms. The van der Waals surface area contributed by atoms with Gasteiger partial charge in [0, 0.05) is 12.1 Å². The van der Waals surface area contributed by atoms with Crippen molar-refractivity contribution in [2.24, 2.45) is 5.16 Å². The van der Waals surface area contributed by atoms with E-state index in [-0.39, 0.29) is 17.3 Å². The van der Waals surface area contributed by atoms with E-state index >= 15 is 0 Å². The minimum absolute atomic E-state index is 0.0540. The summed E-state index contributed by atoms with van der Waals surface area (Å²) in [5.74, 6) is -0.625. The van der Waals surface area contributed by atoms with Gasteiger partial charge in [0.2, 0.25) is 10.0 Å². The first-order chi connectivity index (χ1) is 12.6. The molecule has 1 atom stereocenters. The molecule has 1 aliphatic heterocycles. The van der Waals surface area contributed by atoms with E-state index in [2.05, 4.69) is 20.0 Å². The quantitative estimate of drug-likeness (QED) is 0.752. The number of nitrogens with zero attached hydrogens (tertiary/aromatic N) is 1. The average molecular weight is 403 g/mol. The van der Waals surface area contributed by atoms with Crippen LogP contribution in [0, 0.1) is 5.82 Å². The lowest BCUT2D eigenvalue weighted by molar-refractivity contribution is -0.218. The summed E-state index contributed by atoms with van der Waals surface area (Å²) in [4.78, 5) is 4.21. The Morgan fingerprint density at radius 2 is 1.70 bits per heavy atom. The van der Waals surface area contributed by atoms with Gasteiger partial charge in [-0.15, -0.1) is 0 Å². The molecule has 11 heteroatoms. The fraction of sp³-hybridized carbons (Fsp3) is 0.188. The highest BCUT2D eigenvalue weighted by molar-refractivity contribution is 7.89. The number of sulfonamides is 1. The van der Waals surface area contributed by atoms with E-state index in [0.717, 1.165) is 24.3 Å². The molecule has 2 N–H and O–H groups in total. The van der Waals surface area contributed by atoms with Gasteiger partial charge in [-0.3, -0.25) is 0 Å². The van der Waals surface area contributed by atoms with Crippen LogP contribution in [-0.2, 0) is 21.4 Å². The van der Waals surface area contributed by atoms with Crippen LogP contribution in [0.5, 0.6) is 0 Å². The van der Waals surface area contributed by atoms with Crippen LogP contribution in [0.2, 0.25) is 0 Å². The molecule has 2 aromatic rings. The lowest BCUT2D eigenvalue weighted by Crippen LogP contribution is -2.41. The third-order valence-electron chi connectivity index (χ3n) is 3.63. The van der Waals surface area contributed by atoms with E-state index < -0.39 is 28.2 Å². The van der Waals surface area contributed by atoms with Gasteiger partial charge >= 0.3 is 6.18 Å². The molecule has 27 heavy (non-hydrogen) atoms. The highest BCUT2D eigenvalue weighted by Crippen LogP contribution is 2.24. The maximum atomic E-state index is 12.9. The van der Waals surface area contributed by atoms with Crippen LogP contribution in [-0.4, -0.2) is 26.7 Å². The lowest BCUT2D eigenvalue weighted by Gasteiger charge is -2.13. The fourth-order valence-corrected chi connectivity index (χ4v) is 3.23. The smallest absolute Gasteiger partial charge is 0.359 e. The van der Waals surface area contributed by atoms with Gasteiger partial charge in [0.25, 0.3) is 6.23 Å². The van der Waals surface area contributed by atoms with Crippen molar-refractivity contribution in [2.45, 2.75) is 23.8 Å². The van der Waals surface area contributed by atoms with Crippen LogP contribution in [0.1, 0.15) is 11.1 Å². The number of rotatable bonds is 5. The molecule has 0 amide bonds. The second kappa shape index (κ2) is 7.16. The van der Waals surface area contributed by atoms with Crippen LogP contribution < -0.4 is 10.0 Å². The van der Waals surface area contributed by atoms with Crippen LogP contribution >= 0.6 is 0 Å². The minimum atomic E-state index is -4.59. The molecule has 0 aromatic heterocycles. The first kappa shape index (κ1) is 19.1. The predicted octanol–water partition coefficient (Wildman–Crippen LogP) is 2.47. The Morgan fingerprint density at radius 3 is 2.26 bits per heavy atom. The highest BCUT2D eigenvalue weighted by atomic mass is 32.2. The van der Waals surface area contributed by atoms with Gasteiger partial charge in [-0.05, 0) is 29.8 Å². The number of oxime groups is 1. The van der Waals surface area contributed by atoms with Crippen molar-refractivity contribution in [3.05, 3.63) is 65.5 Å². The Hall–Kier alpha value is -2.66. The molecule has 2 aromatic carbocycles. The average Bonchev–Trinajstić information content (AvgIpc) is 3.11. The van der Waals surface area contributed by atoms with Gasteiger partial charge in [0.15, 0.2) is 5.84 Å². The lowest BCUT2D eigenvalue weighted by atomic mass is 10.1. The van der Waals surface area contributed by atoms with E-state index in [9.17, 15) is 26.0 Å². The minimum Gasteiger partial charge on any atom is -0.359 e. The van der Waals surface area contributed by atoms with Crippen LogP contribution in [0.4, 0.5) is 17.6 Å². The standard InChI is InChI=1S/C16H13F4N3O3S/c17-12-5-7-13(8-6-12)27(24,25)21-9-10-1-3-11(4-2-10)14-22-15(26-23-14)16(18,19)20/h1-8,15,21H,9H2,(H,22,23). The third-order valence-corrected chi connectivity index (χ3v) is 5.05. The van der Waals surface area contributed by atoms with Gasteiger partial charge in [0.1, 0.15) is 5.82 Å². The molecule has 1 aliphatic rings. The van der Waals surface area contributed by atoms with Crippen molar-refractivity contribution >= 4 is 15.9 Å². The zero-order chi connectivity index (χ0) is 19.7. The van der Waals surface area contributed by atoms with Crippen molar-refractivity contribution in [3.8, 4) is 0 Å². The Morgan fingerprint density at radius 1 is 1.07 bits per heavy atom. The molecule has 0 radical (unpaired) electrons. The molecule has 6 nitrogen and oxygen atoms in total. The second-order valence-electron chi connectivity index (χ2n) is 5.59. The Bertz CT molecular complexity index is 942. The molecule has 0 fully saturated rings. The van der Waals surface area contributed by atoms with Gasteiger partial charge in [-0.2, -0.15) is 13.2 Å². The van der Waals surface area contributed by atoms with E-state index in [1.54, 1.807) is 0 Å². The second-order valence-corrected chi connectivity index (χ2v) is 7.35. The van der Waals surface area contributed by atoms with Crippen molar-refractivity contribution in [1.29, 1.82) is 0 Å². The van der Waals surface area contributed by atoms with Crippen LogP contribution in [0.15, 0.2) is 58.6 Å². The molecular formula is C16H13F4N3O3S. The monoisotopic (exact) mass is 403 g/mol. The summed E-state index contributed by atoms with van der Waals surface area (Å²) < 4.78 is 77.1. The third kappa shape index (κ3) is 4.55. The van der Waals surface area contributed by atoms with Crippen LogP contribution in [0.3, 0.4) is 0 Å². The van der Waals surface area contributed by atoms with E-state index in [1.807, 2.05) is 0 Å². The highest BCUT2D eigenvalue weighted by Gasteiger charge is 2.45. The Balaban J connectivity index is 1.62. The first-order valence-electron chi connectivity index (χ1n) is 7.57. The normalized spacial score (nSPS) is 17.2. The summed E-state index contributed by atoms with van der Waals surface area (Å²) in [6.45, 7) is -0.0540. The summed E-state index contributed by atoms with van der Waals surface area (Å²) in [5.41, 5.74) is 0.920. The van der Waals surface area contributed by atoms with Crippen molar-refractivity contribution in [2.75, 3.05) is 0 Å². The summed E-state index contributed by atoms with van der Waals surface area (Å²) in [5, 5.41) is 5.47. The SMILES string of the molecule is O=S(=O)(NCc1ccc(C2=NOC(C(F)(F)F)N2)cc1)c1ccc(F)cc1. The van der Waals surface area contributed by atoms with Crippen molar-refractivity contribution in [1.82, 2.24) is 10.0 Å². The fourth-order valence-electron chi connectivity index (χ4n) is 2.22. The summed E-state index contributed by atoms with van der Waals surface area (Å²) in [6, 6.07) is 10.4. The number of hydrogen-bond donors (Lipinski definition) is 2. The summed E-state index contributed by atoms with van der Waals surface area (Å²) in [6.07, 6.45) is -6.79. The molecule has 0 bridgehead atoms. The molecule has 0 aliphatic carbocycles. The van der Waals surface area contributed by atoms with Gasteiger partial charge in [-0.1, -0.05) is 29.4 Å². The molecule has 3 rings (SSSR count). The molecule has 0 saturated carbocycles. The number of halogens is 4. The van der Waals surface area contributed by atoms with Crippen LogP contribution in [0.25, 0.3) is 0 Å². The van der Waals surface area contributed by atoms with Gasteiger partial charge in [0.05, 0.1) is 4.90 Å². The largest absolute Gasteiger partial charge is 0.448 e. The molecule has 0 saturated heterocycles. The van der Waals surface area contributed by atoms with Gasteiger partial charge in [-0.25, -0.2) is 17.5 Å². The summed E-state index contributed by atoms with van der Waals surface area (Å²) >= 11 is 0. The predicted molar refractivity (Wildman–Crippen MR) is 87.5 cm³/mol. The summed E-state index contributed by atoms with van der Waals surface area (Å²) in [7, 11) is -3.82. The number of hydrogen-bond acceptors (Lipinski definition) is 5. The zero-order valence-electron chi connectivity index (χ0n) is 13.5. The molecule has 1 unspecified atom stereocenters.